The second-order valence-corrected chi connectivity index (χ2v) is 4.01. The summed E-state index contributed by atoms with van der Waals surface area (Å²) in [4.78, 5) is 2.51. The first-order valence-electron chi connectivity index (χ1n) is 5.13. The van der Waals surface area contributed by atoms with Gasteiger partial charge in [0.25, 0.3) is 0 Å². The molecule has 1 saturated carbocycles. The van der Waals surface area contributed by atoms with Crippen molar-refractivity contribution in [2.45, 2.75) is 51.1 Å². The summed E-state index contributed by atoms with van der Waals surface area (Å²) >= 11 is 0. The third-order valence-electron chi connectivity index (χ3n) is 3.45. The molecule has 1 fully saturated rings. The van der Waals surface area contributed by atoms with Crippen molar-refractivity contribution in [3.8, 4) is 0 Å². The van der Waals surface area contributed by atoms with Gasteiger partial charge in [0.1, 0.15) is 0 Å². The highest BCUT2D eigenvalue weighted by Crippen LogP contribution is 2.41. The van der Waals surface area contributed by atoms with Gasteiger partial charge in [0.2, 0.25) is 0 Å². The summed E-state index contributed by atoms with van der Waals surface area (Å²) in [5.41, 5.74) is 6.16. The molecule has 0 saturated heterocycles. The number of nitrogens with zero attached hydrogens (tertiary/aromatic N) is 1. The van der Waals surface area contributed by atoms with Crippen molar-refractivity contribution in [1.29, 1.82) is 0 Å². The molecular weight excluding hydrogens is 148 g/mol. The number of nitrogens with two attached hydrogens (primary N) is 1. The van der Waals surface area contributed by atoms with E-state index in [2.05, 4.69) is 25.8 Å². The first-order chi connectivity index (χ1) is 5.70. The maximum absolute atomic E-state index is 5.78. The molecule has 0 radical (unpaired) electrons. The Hall–Kier alpha value is -0.0800. The highest BCUT2D eigenvalue weighted by Gasteiger charge is 2.46. The molecule has 0 unspecified atom stereocenters. The van der Waals surface area contributed by atoms with Gasteiger partial charge in [-0.2, -0.15) is 0 Å². The highest BCUT2D eigenvalue weighted by atomic mass is 15.2. The Kier molecular flexibility index (Phi) is 3.13. The van der Waals surface area contributed by atoms with Crippen LogP contribution in [0.3, 0.4) is 0 Å². The summed E-state index contributed by atoms with van der Waals surface area (Å²) in [5.74, 6) is 0. The summed E-state index contributed by atoms with van der Waals surface area (Å²) in [7, 11) is 2.23. The minimum atomic E-state index is 0.386. The first kappa shape index (κ1) is 10.0. The van der Waals surface area contributed by atoms with Crippen molar-refractivity contribution in [2.75, 3.05) is 13.6 Å². The fraction of sp³-hybridized carbons (Fsp3) is 1.00. The molecule has 72 valence electrons. The molecule has 1 aliphatic carbocycles. The minimum absolute atomic E-state index is 0.386. The Morgan fingerprint density at radius 2 is 1.83 bits per heavy atom. The van der Waals surface area contributed by atoms with Gasteiger partial charge in [-0.05, 0) is 32.7 Å². The maximum Gasteiger partial charge on any atom is 0.0333 e. The van der Waals surface area contributed by atoms with Crippen molar-refractivity contribution in [2.24, 2.45) is 5.73 Å². The molecule has 12 heavy (non-hydrogen) atoms. The quantitative estimate of drug-likeness (QED) is 0.679. The molecule has 1 aliphatic rings. The van der Waals surface area contributed by atoms with Gasteiger partial charge in [-0.3, -0.25) is 4.90 Å². The molecule has 0 aromatic carbocycles. The molecular formula is C10H22N2. The van der Waals surface area contributed by atoms with E-state index in [-0.39, 0.29) is 0 Å². The van der Waals surface area contributed by atoms with E-state index in [1.807, 2.05) is 0 Å². The Labute approximate surface area is 76.1 Å². The number of hydrogen-bond donors (Lipinski definition) is 1. The lowest BCUT2D eigenvalue weighted by molar-refractivity contribution is 0.150. The van der Waals surface area contributed by atoms with Crippen LogP contribution in [0.5, 0.6) is 0 Å². The number of rotatable bonds is 5. The van der Waals surface area contributed by atoms with Gasteiger partial charge in [-0.25, -0.2) is 0 Å². The smallest absolute Gasteiger partial charge is 0.0333 e. The van der Waals surface area contributed by atoms with E-state index >= 15 is 0 Å². The lowest BCUT2D eigenvalue weighted by Crippen LogP contribution is -2.45. The second-order valence-electron chi connectivity index (χ2n) is 4.01. The molecule has 0 bridgehead atoms. The molecule has 2 nitrogen and oxygen atoms in total. The lowest BCUT2D eigenvalue weighted by atomic mass is 10.1. The van der Waals surface area contributed by atoms with Crippen LogP contribution in [0.1, 0.15) is 39.5 Å². The molecule has 0 atom stereocenters. The van der Waals surface area contributed by atoms with Crippen LogP contribution in [0.2, 0.25) is 0 Å². The van der Waals surface area contributed by atoms with Crippen LogP contribution in [-0.2, 0) is 0 Å². The third-order valence-corrected chi connectivity index (χ3v) is 3.45. The predicted octanol–water partition coefficient (Wildman–Crippen LogP) is 1.60. The van der Waals surface area contributed by atoms with Crippen LogP contribution in [0.15, 0.2) is 0 Å². The van der Waals surface area contributed by atoms with Crippen molar-refractivity contribution in [3.63, 3.8) is 0 Å². The van der Waals surface area contributed by atoms with Crippen molar-refractivity contribution < 1.29 is 0 Å². The standard InChI is InChI=1S/C10H22N2/c1-4-9(5-2)12(3)10(8-11)6-7-10/h9H,4-8,11H2,1-3H3. The summed E-state index contributed by atoms with van der Waals surface area (Å²) in [6, 6.07) is 0.732. The first-order valence-corrected chi connectivity index (χ1v) is 5.13. The zero-order valence-corrected chi connectivity index (χ0v) is 8.64. The summed E-state index contributed by atoms with van der Waals surface area (Å²) in [5, 5.41) is 0. The van der Waals surface area contributed by atoms with E-state index in [9.17, 15) is 0 Å². The van der Waals surface area contributed by atoms with E-state index in [1.165, 1.54) is 25.7 Å². The Balaban J connectivity index is 2.50. The molecule has 0 aromatic rings. The zero-order chi connectivity index (χ0) is 9.19. The maximum atomic E-state index is 5.78. The van der Waals surface area contributed by atoms with E-state index in [4.69, 9.17) is 5.73 Å². The Morgan fingerprint density at radius 1 is 1.33 bits per heavy atom. The monoisotopic (exact) mass is 170 g/mol. The largest absolute Gasteiger partial charge is 0.329 e. The average Bonchev–Trinajstić information content (AvgIpc) is 2.86. The van der Waals surface area contributed by atoms with Gasteiger partial charge in [-0.15, -0.1) is 0 Å². The normalized spacial score (nSPS) is 20.5. The molecule has 0 heterocycles. The number of likely N-dealkylation sites (N-methyl/N-ethyl adjacent to an activating group) is 1. The van der Waals surface area contributed by atoms with Crippen LogP contribution in [0, 0.1) is 0 Å². The fourth-order valence-electron chi connectivity index (χ4n) is 2.07. The summed E-state index contributed by atoms with van der Waals surface area (Å²) < 4.78 is 0. The lowest BCUT2D eigenvalue weighted by Gasteiger charge is -2.33. The van der Waals surface area contributed by atoms with E-state index in [1.54, 1.807) is 0 Å². The van der Waals surface area contributed by atoms with Crippen LogP contribution in [0.25, 0.3) is 0 Å². The highest BCUT2D eigenvalue weighted by molar-refractivity contribution is 5.05. The Morgan fingerprint density at radius 3 is 2.08 bits per heavy atom. The summed E-state index contributed by atoms with van der Waals surface area (Å²) in [6.45, 7) is 5.36. The van der Waals surface area contributed by atoms with Crippen molar-refractivity contribution in [1.82, 2.24) is 4.90 Å². The van der Waals surface area contributed by atoms with Gasteiger partial charge < -0.3 is 5.73 Å². The molecule has 0 amide bonds. The second kappa shape index (κ2) is 3.75. The molecule has 0 spiro atoms. The van der Waals surface area contributed by atoms with E-state index < -0.39 is 0 Å². The zero-order valence-electron chi connectivity index (χ0n) is 8.64. The Bertz CT molecular complexity index is 137. The van der Waals surface area contributed by atoms with Gasteiger partial charge >= 0.3 is 0 Å². The van der Waals surface area contributed by atoms with Gasteiger partial charge in [0, 0.05) is 18.1 Å². The topological polar surface area (TPSA) is 29.3 Å². The fourth-order valence-corrected chi connectivity index (χ4v) is 2.07. The van der Waals surface area contributed by atoms with Gasteiger partial charge in [-0.1, -0.05) is 13.8 Å². The molecule has 2 N–H and O–H groups in total. The van der Waals surface area contributed by atoms with Crippen LogP contribution in [0.4, 0.5) is 0 Å². The summed E-state index contributed by atoms with van der Waals surface area (Å²) in [6.07, 6.45) is 5.09. The molecule has 2 heteroatoms. The number of hydrogen-bond acceptors (Lipinski definition) is 2. The minimum Gasteiger partial charge on any atom is -0.329 e. The van der Waals surface area contributed by atoms with E-state index in [0.29, 0.717) is 5.54 Å². The van der Waals surface area contributed by atoms with Crippen molar-refractivity contribution in [3.05, 3.63) is 0 Å². The molecule has 0 aliphatic heterocycles. The van der Waals surface area contributed by atoms with Gasteiger partial charge in [0.15, 0.2) is 0 Å². The van der Waals surface area contributed by atoms with Crippen molar-refractivity contribution >= 4 is 0 Å². The third kappa shape index (κ3) is 1.64. The van der Waals surface area contributed by atoms with E-state index in [0.717, 1.165) is 12.6 Å². The van der Waals surface area contributed by atoms with Crippen LogP contribution >= 0.6 is 0 Å². The van der Waals surface area contributed by atoms with Gasteiger partial charge in [0.05, 0.1) is 0 Å². The molecule has 1 rings (SSSR count). The predicted molar refractivity (Wildman–Crippen MR) is 53.2 cm³/mol. The van der Waals surface area contributed by atoms with Crippen LogP contribution in [-0.4, -0.2) is 30.1 Å². The SMILES string of the molecule is CCC(CC)N(C)C1(CN)CC1. The van der Waals surface area contributed by atoms with Crippen LogP contribution < -0.4 is 5.73 Å². The average molecular weight is 170 g/mol. The molecule has 0 aromatic heterocycles.